The fourth-order valence-electron chi connectivity index (χ4n) is 4.53. The van der Waals surface area contributed by atoms with Crippen LogP contribution in [0.1, 0.15) is 37.7 Å². The molecule has 1 unspecified atom stereocenters. The molecule has 2 N–H and O–H groups in total. The zero-order chi connectivity index (χ0) is 21.8. The van der Waals surface area contributed by atoms with Gasteiger partial charge in [-0.1, -0.05) is 18.2 Å². The Bertz CT molecular complexity index is 876. The number of carbonyl (C=O) groups is 3. The third kappa shape index (κ3) is 5.16. The molecule has 174 valence electrons. The van der Waals surface area contributed by atoms with Gasteiger partial charge in [-0.3, -0.25) is 19.5 Å². The lowest BCUT2D eigenvalue weighted by Crippen LogP contribution is -2.42. The molecule has 2 fully saturated rings. The van der Waals surface area contributed by atoms with Crippen LogP contribution in [0.5, 0.6) is 0 Å². The summed E-state index contributed by atoms with van der Waals surface area (Å²) in [7, 11) is 0. The summed E-state index contributed by atoms with van der Waals surface area (Å²) in [5, 5.41) is 5.88. The van der Waals surface area contributed by atoms with Gasteiger partial charge in [-0.2, -0.15) is 0 Å². The van der Waals surface area contributed by atoms with Gasteiger partial charge in [-0.05, 0) is 31.4 Å². The minimum atomic E-state index is -0.353. The van der Waals surface area contributed by atoms with Gasteiger partial charge in [0.05, 0.1) is 19.6 Å². The first-order chi connectivity index (χ1) is 15.1. The molecule has 3 heterocycles. The van der Waals surface area contributed by atoms with Gasteiger partial charge in [0.25, 0.3) is 0 Å². The van der Waals surface area contributed by atoms with E-state index in [4.69, 9.17) is 4.99 Å². The topological polar surface area (TPSA) is 97.3 Å². The van der Waals surface area contributed by atoms with Gasteiger partial charge in [0.2, 0.25) is 11.8 Å². The molecule has 0 bridgehead atoms. The van der Waals surface area contributed by atoms with Crippen LogP contribution < -0.4 is 15.5 Å². The molecule has 0 spiro atoms. The standard InChI is InChI=1S/C22H30N6O3.HI/c1-2-23-21(24-10-13-27-20(30)14-25-22(27)31)28-15-16(17-6-3-4-7-18(17)28)9-12-26-11-5-8-19(26)29;/h3-4,6-7,16H,2,5,8-15H2,1H3,(H,23,24)(H,25,31);1H. The first kappa shape index (κ1) is 24.3. The summed E-state index contributed by atoms with van der Waals surface area (Å²) < 4.78 is 0. The van der Waals surface area contributed by atoms with E-state index in [0.717, 1.165) is 44.1 Å². The highest BCUT2D eigenvalue weighted by Gasteiger charge is 2.32. The van der Waals surface area contributed by atoms with Crippen LogP contribution in [0.3, 0.4) is 0 Å². The molecule has 0 radical (unpaired) electrons. The van der Waals surface area contributed by atoms with E-state index in [-0.39, 0.29) is 54.9 Å². The highest BCUT2D eigenvalue weighted by Crippen LogP contribution is 2.38. The number of likely N-dealkylation sites (tertiary alicyclic amines) is 1. The molecule has 1 aromatic carbocycles. The van der Waals surface area contributed by atoms with Crippen molar-refractivity contribution in [3.05, 3.63) is 29.8 Å². The molecule has 3 aliphatic rings. The molecule has 1 aromatic rings. The Kier molecular flexibility index (Phi) is 8.32. The summed E-state index contributed by atoms with van der Waals surface area (Å²) >= 11 is 0. The van der Waals surface area contributed by atoms with Crippen molar-refractivity contribution >= 4 is 53.5 Å². The number of guanidine groups is 1. The Morgan fingerprint density at radius 3 is 2.69 bits per heavy atom. The van der Waals surface area contributed by atoms with Gasteiger partial charge >= 0.3 is 6.03 Å². The fourth-order valence-corrected chi connectivity index (χ4v) is 4.53. The van der Waals surface area contributed by atoms with Crippen LogP contribution in [0.4, 0.5) is 10.5 Å². The Morgan fingerprint density at radius 1 is 1.19 bits per heavy atom. The number of nitrogens with zero attached hydrogens (tertiary/aromatic N) is 4. The molecule has 0 aliphatic carbocycles. The second kappa shape index (κ2) is 11.0. The van der Waals surface area contributed by atoms with Crippen LogP contribution in [0, 0.1) is 0 Å². The molecule has 1 atom stereocenters. The molecule has 10 heteroatoms. The number of hydrogen-bond acceptors (Lipinski definition) is 4. The summed E-state index contributed by atoms with van der Waals surface area (Å²) in [4.78, 5) is 45.6. The molecule has 0 aromatic heterocycles. The van der Waals surface area contributed by atoms with Gasteiger partial charge in [0, 0.05) is 44.2 Å². The van der Waals surface area contributed by atoms with Crippen molar-refractivity contribution in [1.29, 1.82) is 0 Å². The minimum Gasteiger partial charge on any atom is -0.356 e. The summed E-state index contributed by atoms with van der Waals surface area (Å²) in [6, 6.07) is 7.98. The smallest absolute Gasteiger partial charge is 0.324 e. The fraction of sp³-hybridized carbons (Fsp3) is 0.545. The number of hydrogen-bond donors (Lipinski definition) is 2. The quantitative estimate of drug-likeness (QED) is 0.232. The van der Waals surface area contributed by atoms with Crippen molar-refractivity contribution in [2.24, 2.45) is 4.99 Å². The average Bonchev–Trinajstić information content (AvgIpc) is 3.44. The van der Waals surface area contributed by atoms with Gasteiger partial charge < -0.3 is 20.4 Å². The summed E-state index contributed by atoms with van der Waals surface area (Å²) in [5.41, 5.74) is 2.39. The summed E-state index contributed by atoms with van der Waals surface area (Å²) in [6.07, 6.45) is 2.55. The van der Waals surface area contributed by atoms with Gasteiger partial charge in [-0.15, -0.1) is 24.0 Å². The van der Waals surface area contributed by atoms with Crippen molar-refractivity contribution in [2.45, 2.75) is 32.1 Å². The minimum absolute atomic E-state index is 0. The van der Waals surface area contributed by atoms with Gasteiger partial charge in [-0.25, -0.2) is 4.79 Å². The van der Waals surface area contributed by atoms with E-state index in [1.54, 1.807) is 0 Å². The number of imide groups is 1. The van der Waals surface area contributed by atoms with Crippen LogP contribution in [0.15, 0.2) is 29.3 Å². The van der Waals surface area contributed by atoms with Crippen LogP contribution in [0.25, 0.3) is 0 Å². The molecule has 0 saturated carbocycles. The predicted octanol–water partition coefficient (Wildman–Crippen LogP) is 1.74. The van der Waals surface area contributed by atoms with Crippen molar-refractivity contribution in [2.75, 3.05) is 50.7 Å². The Labute approximate surface area is 205 Å². The third-order valence-electron chi connectivity index (χ3n) is 6.10. The van der Waals surface area contributed by atoms with Gasteiger partial charge in [0.1, 0.15) is 0 Å². The maximum absolute atomic E-state index is 12.0. The number of urea groups is 1. The number of halogens is 1. The second-order valence-electron chi connectivity index (χ2n) is 8.08. The van der Waals surface area contributed by atoms with E-state index < -0.39 is 0 Å². The van der Waals surface area contributed by atoms with Crippen LogP contribution >= 0.6 is 24.0 Å². The third-order valence-corrected chi connectivity index (χ3v) is 6.10. The lowest BCUT2D eigenvalue weighted by atomic mass is 9.98. The lowest BCUT2D eigenvalue weighted by molar-refractivity contribution is -0.128. The number of benzene rings is 1. The SMILES string of the molecule is CCNC(=NCCN1C(=O)CNC1=O)N1CC(CCN2CCCC2=O)c2ccccc21.I. The number of fused-ring (bicyclic) bond motifs is 1. The molecule has 2 saturated heterocycles. The van der Waals surface area contributed by atoms with E-state index in [0.29, 0.717) is 25.4 Å². The monoisotopic (exact) mass is 554 g/mol. The Morgan fingerprint density at radius 2 is 2.00 bits per heavy atom. The number of anilines is 1. The highest BCUT2D eigenvalue weighted by molar-refractivity contribution is 14.0. The molecule has 3 aliphatic heterocycles. The normalized spacial score (nSPS) is 20.5. The van der Waals surface area contributed by atoms with E-state index in [1.165, 1.54) is 10.5 Å². The van der Waals surface area contributed by atoms with E-state index in [9.17, 15) is 14.4 Å². The second-order valence-corrected chi connectivity index (χ2v) is 8.08. The summed E-state index contributed by atoms with van der Waals surface area (Å²) in [6.45, 7) is 5.83. The van der Waals surface area contributed by atoms with Crippen molar-refractivity contribution in [3.63, 3.8) is 0 Å². The van der Waals surface area contributed by atoms with E-state index >= 15 is 0 Å². The van der Waals surface area contributed by atoms with Crippen LogP contribution in [-0.2, 0) is 9.59 Å². The molecule has 9 nitrogen and oxygen atoms in total. The van der Waals surface area contributed by atoms with E-state index in [2.05, 4.69) is 33.7 Å². The molecular formula is C22H31IN6O3. The Hall–Kier alpha value is -2.37. The number of carbonyl (C=O) groups excluding carboxylic acids is 3. The molecular weight excluding hydrogens is 523 g/mol. The van der Waals surface area contributed by atoms with Crippen LogP contribution in [0.2, 0.25) is 0 Å². The Balaban J connectivity index is 0.00000289. The van der Waals surface area contributed by atoms with Crippen molar-refractivity contribution in [3.8, 4) is 0 Å². The van der Waals surface area contributed by atoms with Crippen molar-refractivity contribution in [1.82, 2.24) is 20.4 Å². The van der Waals surface area contributed by atoms with Crippen LogP contribution in [-0.4, -0.2) is 79.4 Å². The zero-order valence-electron chi connectivity index (χ0n) is 18.4. The van der Waals surface area contributed by atoms with E-state index in [1.807, 2.05) is 17.9 Å². The van der Waals surface area contributed by atoms with Crippen molar-refractivity contribution < 1.29 is 14.4 Å². The molecule has 4 amide bonds. The number of nitrogens with one attached hydrogen (secondary N) is 2. The number of amides is 4. The maximum atomic E-state index is 12.0. The molecule has 32 heavy (non-hydrogen) atoms. The first-order valence-electron chi connectivity index (χ1n) is 11.1. The maximum Gasteiger partial charge on any atom is 0.324 e. The summed E-state index contributed by atoms with van der Waals surface area (Å²) in [5.74, 6) is 1.12. The number of para-hydroxylation sites is 1. The van der Waals surface area contributed by atoms with Gasteiger partial charge in [0.15, 0.2) is 5.96 Å². The zero-order valence-corrected chi connectivity index (χ0v) is 20.7. The number of aliphatic imine (C=N–C) groups is 1. The average molecular weight is 554 g/mol. The highest BCUT2D eigenvalue weighted by atomic mass is 127. The first-order valence-corrected chi connectivity index (χ1v) is 11.1. The largest absolute Gasteiger partial charge is 0.356 e. The predicted molar refractivity (Wildman–Crippen MR) is 133 cm³/mol. The number of rotatable bonds is 7. The molecule has 4 rings (SSSR count). The lowest BCUT2D eigenvalue weighted by Gasteiger charge is -2.23.